The van der Waals surface area contributed by atoms with Crippen molar-refractivity contribution in [3.05, 3.63) is 75.9 Å². The summed E-state index contributed by atoms with van der Waals surface area (Å²) in [6.45, 7) is 5.53. The zero-order chi connectivity index (χ0) is 26.2. The third kappa shape index (κ3) is 6.46. The van der Waals surface area contributed by atoms with Crippen LogP contribution in [0.5, 0.6) is 5.75 Å². The first-order valence-corrected chi connectivity index (χ1v) is 13.2. The molecule has 192 valence electrons. The molecule has 1 aliphatic heterocycles. The molecule has 0 bridgehead atoms. The molecule has 1 atom stereocenters. The number of para-hydroxylation sites is 1. The molecule has 3 heterocycles. The second-order valence-electron chi connectivity index (χ2n) is 8.80. The summed E-state index contributed by atoms with van der Waals surface area (Å²) in [6, 6.07) is 15.6. The molecule has 9 heteroatoms. The number of carbonyl (C=O) groups excluding carboxylic acids is 2. The van der Waals surface area contributed by atoms with Crippen molar-refractivity contribution in [2.24, 2.45) is 0 Å². The number of rotatable bonds is 9. The quantitative estimate of drug-likeness (QED) is 0.413. The van der Waals surface area contributed by atoms with E-state index in [1.54, 1.807) is 11.1 Å². The normalized spacial score (nSPS) is 13.3. The Morgan fingerprint density at radius 1 is 1.24 bits per heavy atom. The first kappa shape index (κ1) is 26.2. The Bertz CT molecular complexity index is 1290. The zero-order valence-corrected chi connectivity index (χ0v) is 21.8. The van der Waals surface area contributed by atoms with Gasteiger partial charge in [-0.2, -0.15) is 5.26 Å². The lowest BCUT2D eigenvalue weighted by Crippen LogP contribution is -2.36. The maximum Gasteiger partial charge on any atom is 0.410 e. The molecule has 4 rings (SSSR count). The molecule has 1 aromatic carbocycles. The molecule has 0 aliphatic carbocycles. The lowest BCUT2D eigenvalue weighted by molar-refractivity contribution is -0.116. The lowest BCUT2D eigenvalue weighted by Gasteiger charge is -2.26. The number of carbonyl (C=O) groups is 2. The average molecular weight is 519 g/mol. The number of nitriles is 1. The Labute approximate surface area is 220 Å². The molecule has 0 fully saturated rings. The minimum atomic E-state index is -0.388. The number of pyridine rings is 1. The van der Waals surface area contributed by atoms with E-state index < -0.39 is 0 Å². The van der Waals surface area contributed by atoms with Crippen LogP contribution in [0.3, 0.4) is 0 Å². The molecule has 0 spiro atoms. The number of fused-ring (bicyclic) bond motifs is 1. The highest BCUT2D eigenvalue weighted by molar-refractivity contribution is 7.16. The van der Waals surface area contributed by atoms with Crippen molar-refractivity contribution >= 4 is 28.3 Å². The molecule has 2 amide bonds. The van der Waals surface area contributed by atoms with Gasteiger partial charge in [0.25, 0.3) is 0 Å². The number of anilines is 1. The molecule has 1 aliphatic rings. The van der Waals surface area contributed by atoms with Crippen LogP contribution in [-0.2, 0) is 28.9 Å². The standard InChI is InChI=1S/C28H30N4O4S/c1-3-35-24-10-5-4-9-21(24)19(2)16-26(33)31-27-23(17-29)22-11-14-32(18-25(22)37-27)28(34)36-15-12-20-8-6-7-13-30-20/h4-10,13,19H,3,11-12,14-16,18H2,1-2H3,(H,31,33)/t19-/m0/s1. The molecule has 0 radical (unpaired) electrons. The summed E-state index contributed by atoms with van der Waals surface area (Å²) in [5.74, 6) is 0.556. The third-order valence-corrected chi connectivity index (χ3v) is 7.36. The molecule has 3 aromatic rings. The van der Waals surface area contributed by atoms with Crippen LogP contribution < -0.4 is 10.1 Å². The van der Waals surface area contributed by atoms with Crippen molar-refractivity contribution < 1.29 is 19.1 Å². The Kier molecular flexibility index (Phi) is 8.75. The molecule has 0 unspecified atom stereocenters. The van der Waals surface area contributed by atoms with Gasteiger partial charge in [-0.05, 0) is 48.6 Å². The van der Waals surface area contributed by atoms with E-state index in [0.29, 0.717) is 43.1 Å². The highest BCUT2D eigenvalue weighted by Crippen LogP contribution is 2.37. The minimum Gasteiger partial charge on any atom is -0.494 e. The van der Waals surface area contributed by atoms with Crippen LogP contribution in [0.1, 0.15) is 53.4 Å². The Morgan fingerprint density at radius 2 is 2.05 bits per heavy atom. The van der Waals surface area contributed by atoms with Crippen molar-refractivity contribution in [1.82, 2.24) is 9.88 Å². The molecular formula is C28H30N4O4S. The molecule has 2 aromatic heterocycles. The topological polar surface area (TPSA) is 105 Å². The number of aromatic nitrogens is 1. The molecule has 0 saturated heterocycles. The predicted octanol–water partition coefficient (Wildman–Crippen LogP) is 5.28. The second-order valence-corrected chi connectivity index (χ2v) is 9.91. The van der Waals surface area contributed by atoms with E-state index in [9.17, 15) is 14.9 Å². The van der Waals surface area contributed by atoms with Gasteiger partial charge in [-0.25, -0.2) is 4.79 Å². The molecule has 37 heavy (non-hydrogen) atoms. The summed E-state index contributed by atoms with van der Waals surface area (Å²) < 4.78 is 11.2. The molecular weight excluding hydrogens is 488 g/mol. The van der Waals surface area contributed by atoms with Crippen LogP contribution in [0, 0.1) is 11.3 Å². The highest BCUT2D eigenvalue weighted by atomic mass is 32.1. The van der Waals surface area contributed by atoms with E-state index >= 15 is 0 Å². The monoisotopic (exact) mass is 518 g/mol. The number of hydrogen-bond acceptors (Lipinski definition) is 7. The summed E-state index contributed by atoms with van der Waals surface area (Å²) in [7, 11) is 0. The van der Waals surface area contributed by atoms with E-state index in [0.717, 1.165) is 27.4 Å². The molecule has 0 saturated carbocycles. The molecule has 1 N–H and O–H groups in total. The Balaban J connectivity index is 1.36. The van der Waals surface area contributed by atoms with E-state index in [-0.39, 0.29) is 30.9 Å². The highest BCUT2D eigenvalue weighted by Gasteiger charge is 2.28. The van der Waals surface area contributed by atoms with Gasteiger partial charge in [0.2, 0.25) is 5.91 Å². The van der Waals surface area contributed by atoms with Gasteiger partial charge in [0.05, 0.1) is 25.3 Å². The number of thiophene rings is 1. The van der Waals surface area contributed by atoms with Gasteiger partial charge >= 0.3 is 6.09 Å². The van der Waals surface area contributed by atoms with Gasteiger partial charge in [0, 0.05) is 36.2 Å². The summed E-state index contributed by atoms with van der Waals surface area (Å²) in [6.07, 6.45) is 2.67. The van der Waals surface area contributed by atoms with Gasteiger partial charge in [-0.1, -0.05) is 31.2 Å². The number of nitrogens with one attached hydrogen (secondary N) is 1. The number of ether oxygens (including phenoxy) is 2. The third-order valence-electron chi connectivity index (χ3n) is 6.23. The zero-order valence-electron chi connectivity index (χ0n) is 21.0. The summed E-state index contributed by atoms with van der Waals surface area (Å²) in [5, 5.41) is 13.3. The van der Waals surface area contributed by atoms with E-state index in [4.69, 9.17) is 9.47 Å². The number of nitrogens with zero attached hydrogens (tertiary/aromatic N) is 3. The summed E-state index contributed by atoms with van der Waals surface area (Å²) in [4.78, 5) is 32.3. The minimum absolute atomic E-state index is 0.0563. The summed E-state index contributed by atoms with van der Waals surface area (Å²) >= 11 is 1.35. The van der Waals surface area contributed by atoms with Gasteiger partial charge in [0.15, 0.2) is 0 Å². The predicted molar refractivity (Wildman–Crippen MR) is 142 cm³/mol. The van der Waals surface area contributed by atoms with Crippen molar-refractivity contribution in [2.45, 2.75) is 45.6 Å². The van der Waals surface area contributed by atoms with Crippen molar-refractivity contribution in [3.63, 3.8) is 0 Å². The maximum absolute atomic E-state index is 12.9. The van der Waals surface area contributed by atoms with Crippen LogP contribution in [0.4, 0.5) is 9.80 Å². The number of benzene rings is 1. The van der Waals surface area contributed by atoms with Crippen LogP contribution in [0.25, 0.3) is 0 Å². The van der Waals surface area contributed by atoms with Crippen molar-refractivity contribution in [3.8, 4) is 11.8 Å². The second kappa shape index (κ2) is 12.4. The van der Waals surface area contributed by atoms with Gasteiger partial charge in [-0.3, -0.25) is 9.78 Å². The fraction of sp³-hybridized carbons (Fsp3) is 0.357. The van der Waals surface area contributed by atoms with Gasteiger partial charge in [-0.15, -0.1) is 11.3 Å². The first-order valence-electron chi connectivity index (χ1n) is 12.4. The van der Waals surface area contributed by atoms with E-state index in [2.05, 4.69) is 16.4 Å². The van der Waals surface area contributed by atoms with Crippen molar-refractivity contribution in [2.75, 3.05) is 25.1 Å². The number of amides is 2. The largest absolute Gasteiger partial charge is 0.494 e. The van der Waals surface area contributed by atoms with Crippen LogP contribution in [0.15, 0.2) is 48.7 Å². The maximum atomic E-state index is 12.9. The first-order chi connectivity index (χ1) is 18.0. The van der Waals surface area contributed by atoms with E-state index in [1.165, 1.54) is 11.3 Å². The van der Waals surface area contributed by atoms with Crippen LogP contribution in [-0.4, -0.2) is 41.6 Å². The SMILES string of the molecule is CCOc1ccccc1[C@@H](C)CC(=O)Nc1sc2c(c1C#N)CCN(C(=O)OCCc1ccccn1)C2. The van der Waals surface area contributed by atoms with Crippen LogP contribution in [0.2, 0.25) is 0 Å². The Hall–Kier alpha value is -3.90. The van der Waals surface area contributed by atoms with Gasteiger partial charge < -0.3 is 19.7 Å². The van der Waals surface area contributed by atoms with Crippen LogP contribution >= 0.6 is 11.3 Å². The lowest BCUT2D eigenvalue weighted by atomic mass is 9.96. The van der Waals surface area contributed by atoms with Crippen molar-refractivity contribution in [1.29, 1.82) is 5.26 Å². The molecule has 8 nitrogen and oxygen atoms in total. The fourth-order valence-electron chi connectivity index (χ4n) is 4.39. The average Bonchev–Trinajstić information content (AvgIpc) is 3.25. The summed E-state index contributed by atoms with van der Waals surface area (Å²) in [5.41, 5.74) is 3.22. The smallest absolute Gasteiger partial charge is 0.410 e. The van der Waals surface area contributed by atoms with E-state index in [1.807, 2.05) is 56.3 Å². The number of hydrogen-bond donors (Lipinski definition) is 1. The Morgan fingerprint density at radius 3 is 2.81 bits per heavy atom. The van der Waals surface area contributed by atoms with Gasteiger partial charge in [0.1, 0.15) is 16.8 Å². The fourth-order valence-corrected chi connectivity index (χ4v) is 5.62.